The van der Waals surface area contributed by atoms with Crippen molar-refractivity contribution < 1.29 is 28.2 Å². The zero-order chi connectivity index (χ0) is 15.3. The molecular weight excluding hydrogens is 272 g/mol. The molecule has 0 aliphatic carbocycles. The summed E-state index contributed by atoms with van der Waals surface area (Å²) in [6.07, 6.45) is 0. The fourth-order valence-corrected chi connectivity index (χ4v) is 1.55. The first kappa shape index (κ1) is 15.9. The second kappa shape index (κ2) is 6.83. The molecule has 0 spiro atoms. The molecule has 1 rings (SSSR count). The van der Waals surface area contributed by atoms with E-state index in [9.17, 15) is 18.4 Å². The van der Waals surface area contributed by atoms with E-state index >= 15 is 0 Å². The number of nitrogens with one attached hydrogen (secondary N) is 1. The maximum Gasteiger partial charge on any atom is 0.387 e. The summed E-state index contributed by atoms with van der Waals surface area (Å²) in [7, 11) is 0. The second-order valence-corrected chi connectivity index (χ2v) is 4.44. The third-order valence-electron chi connectivity index (χ3n) is 2.54. The van der Waals surface area contributed by atoms with Crippen molar-refractivity contribution in [1.29, 1.82) is 0 Å². The number of ether oxygens (including phenoxy) is 1. The van der Waals surface area contributed by atoms with E-state index in [1.54, 1.807) is 13.8 Å². The Morgan fingerprint density at radius 2 is 1.95 bits per heavy atom. The van der Waals surface area contributed by atoms with Crippen LogP contribution in [0.5, 0.6) is 5.75 Å². The fraction of sp³-hybridized carbons (Fsp3) is 0.385. The molecule has 1 atom stereocenters. The summed E-state index contributed by atoms with van der Waals surface area (Å²) in [6, 6.07) is 4.10. The van der Waals surface area contributed by atoms with Crippen molar-refractivity contribution in [3.8, 4) is 5.75 Å². The van der Waals surface area contributed by atoms with Crippen molar-refractivity contribution in [2.45, 2.75) is 26.5 Å². The van der Waals surface area contributed by atoms with Crippen molar-refractivity contribution in [1.82, 2.24) is 5.32 Å². The van der Waals surface area contributed by atoms with Crippen molar-refractivity contribution >= 4 is 11.9 Å². The number of alkyl halides is 2. The van der Waals surface area contributed by atoms with E-state index in [0.29, 0.717) is 0 Å². The SMILES string of the molecule is CC(C)[C@H](NC(=O)c1cccc(OC(F)F)c1)C(=O)O. The quantitative estimate of drug-likeness (QED) is 0.840. The van der Waals surface area contributed by atoms with Gasteiger partial charge in [0.2, 0.25) is 0 Å². The average Bonchev–Trinajstić information content (AvgIpc) is 2.34. The largest absolute Gasteiger partial charge is 0.480 e. The van der Waals surface area contributed by atoms with Gasteiger partial charge in [0, 0.05) is 5.56 Å². The van der Waals surface area contributed by atoms with Gasteiger partial charge in [-0.3, -0.25) is 4.79 Å². The van der Waals surface area contributed by atoms with E-state index < -0.39 is 24.5 Å². The zero-order valence-corrected chi connectivity index (χ0v) is 11.0. The van der Waals surface area contributed by atoms with Crippen LogP contribution in [0, 0.1) is 5.92 Å². The van der Waals surface area contributed by atoms with Crippen LogP contribution >= 0.6 is 0 Å². The van der Waals surface area contributed by atoms with Crippen LogP contribution in [0.4, 0.5) is 8.78 Å². The molecule has 2 N–H and O–H groups in total. The van der Waals surface area contributed by atoms with Crippen LogP contribution in [-0.2, 0) is 4.79 Å². The number of carboxylic acids is 1. The summed E-state index contributed by atoms with van der Waals surface area (Å²) in [4.78, 5) is 22.9. The van der Waals surface area contributed by atoms with Gasteiger partial charge in [-0.05, 0) is 24.1 Å². The van der Waals surface area contributed by atoms with Crippen molar-refractivity contribution in [3.05, 3.63) is 29.8 Å². The Labute approximate surface area is 114 Å². The van der Waals surface area contributed by atoms with Crippen LogP contribution in [-0.4, -0.2) is 29.6 Å². The molecule has 0 bridgehead atoms. The number of hydrogen-bond donors (Lipinski definition) is 2. The third kappa shape index (κ3) is 4.49. The smallest absolute Gasteiger partial charge is 0.387 e. The van der Waals surface area contributed by atoms with Gasteiger partial charge >= 0.3 is 12.6 Å². The lowest BCUT2D eigenvalue weighted by molar-refractivity contribution is -0.140. The van der Waals surface area contributed by atoms with Crippen molar-refractivity contribution in [3.63, 3.8) is 0 Å². The molecule has 1 aromatic carbocycles. The van der Waals surface area contributed by atoms with Gasteiger partial charge in [0.05, 0.1) is 0 Å². The molecule has 5 nitrogen and oxygen atoms in total. The molecule has 110 valence electrons. The summed E-state index contributed by atoms with van der Waals surface area (Å²) in [5, 5.41) is 11.3. The predicted octanol–water partition coefficient (Wildman–Crippen LogP) is 2.13. The number of carbonyl (C=O) groups excluding carboxylic acids is 1. The summed E-state index contributed by atoms with van der Waals surface area (Å²) in [5.41, 5.74) is 0.0510. The van der Waals surface area contributed by atoms with E-state index in [0.717, 1.165) is 6.07 Å². The molecule has 0 heterocycles. The number of halogens is 2. The van der Waals surface area contributed by atoms with Crippen LogP contribution in [0.1, 0.15) is 24.2 Å². The normalized spacial score (nSPS) is 12.3. The van der Waals surface area contributed by atoms with Gasteiger partial charge in [0.25, 0.3) is 5.91 Å². The van der Waals surface area contributed by atoms with Gasteiger partial charge < -0.3 is 15.2 Å². The fourth-order valence-electron chi connectivity index (χ4n) is 1.55. The van der Waals surface area contributed by atoms with Crippen LogP contribution in [0.3, 0.4) is 0 Å². The number of hydrogen-bond acceptors (Lipinski definition) is 3. The Kier molecular flexibility index (Phi) is 5.42. The van der Waals surface area contributed by atoms with Gasteiger partial charge in [-0.25, -0.2) is 4.79 Å². The molecule has 0 fully saturated rings. The number of benzene rings is 1. The van der Waals surface area contributed by atoms with Gasteiger partial charge in [-0.15, -0.1) is 0 Å². The van der Waals surface area contributed by atoms with E-state index in [2.05, 4.69) is 10.1 Å². The monoisotopic (exact) mass is 287 g/mol. The Morgan fingerprint density at radius 1 is 1.30 bits per heavy atom. The molecule has 20 heavy (non-hydrogen) atoms. The molecule has 7 heteroatoms. The first-order chi connectivity index (χ1) is 9.31. The Hall–Kier alpha value is -2.18. The number of carbonyl (C=O) groups is 2. The summed E-state index contributed by atoms with van der Waals surface area (Å²) >= 11 is 0. The van der Waals surface area contributed by atoms with Gasteiger partial charge in [0.1, 0.15) is 11.8 Å². The predicted molar refractivity (Wildman–Crippen MR) is 66.8 cm³/mol. The molecule has 0 aliphatic heterocycles. The molecule has 0 aliphatic rings. The van der Waals surface area contributed by atoms with Crippen LogP contribution in [0.15, 0.2) is 24.3 Å². The standard InChI is InChI=1S/C13H15F2NO4/c1-7(2)10(12(18)19)16-11(17)8-4-3-5-9(6-8)20-13(14)15/h3-7,10,13H,1-2H3,(H,16,17)(H,18,19)/t10-/m0/s1. The summed E-state index contributed by atoms with van der Waals surface area (Å²) in [5.74, 6) is -2.29. The molecular formula is C13H15F2NO4. The Morgan fingerprint density at radius 3 is 2.45 bits per heavy atom. The number of aliphatic carboxylic acids is 1. The maximum absolute atomic E-state index is 12.1. The van der Waals surface area contributed by atoms with Crippen LogP contribution < -0.4 is 10.1 Å². The lowest BCUT2D eigenvalue weighted by atomic mass is 10.0. The van der Waals surface area contributed by atoms with Crippen molar-refractivity contribution in [2.24, 2.45) is 5.92 Å². The minimum Gasteiger partial charge on any atom is -0.480 e. The van der Waals surface area contributed by atoms with Crippen LogP contribution in [0.25, 0.3) is 0 Å². The molecule has 0 aromatic heterocycles. The highest BCUT2D eigenvalue weighted by atomic mass is 19.3. The van der Waals surface area contributed by atoms with Crippen LogP contribution in [0.2, 0.25) is 0 Å². The van der Waals surface area contributed by atoms with Crippen molar-refractivity contribution in [2.75, 3.05) is 0 Å². The minimum absolute atomic E-state index is 0.0510. The first-order valence-electron chi connectivity index (χ1n) is 5.89. The van der Waals surface area contributed by atoms with Gasteiger partial charge in [-0.1, -0.05) is 19.9 Å². The van der Waals surface area contributed by atoms with E-state index in [1.165, 1.54) is 18.2 Å². The maximum atomic E-state index is 12.1. The molecule has 1 amide bonds. The minimum atomic E-state index is -2.99. The van der Waals surface area contributed by atoms with E-state index in [1.807, 2.05) is 0 Å². The average molecular weight is 287 g/mol. The number of amides is 1. The highest BCUT2D eigenvalue weighted by Crippen LogP contribution is 2.16. The number of rotatable bonds is 6. The first-order valence-corrected chi connectivity index (χ1v) is 5.89. The second-order valence-electron chi connectivity index (χ2n) is 4.44. The molecule has 0 saturated carbocycles. The lowest BCUT2D eigenvalue weighted by Crippen LogP contribution is -2.44. The summed E-state index contributed by atoms with van der Waals surface area (Å²) < 4.78 is 28.3. The van der Waals surface area contributed by atoms with Gasteiger partial charge in [-0.2, -0.15) is 8.78 Å². The highest BCUT2D eigenvalue weighted by molar-refractivity contribution is 5.96. The molecule has 0 saturated heterocycles. The Bertz CT molecular complexity index is 491. The zero-order valence-electron chi connectivity index (χ0n) is 11.0. The van der Waals surface area contributed by atoms with E-state index in [-0.39, 0.29) is 17.2 Å². The third-order valence-corrected chi connectivity index (χ3v) is 2.54. The topological polar surface area (TPSA) is 75.6 Å². The Balaban J connectivity index is 2.84. The molecule has 0 unspecified atom stereocenters. The molecule has 1 aromatic rings. The van der Waals surface area contributed by atoms with Gasteiger partial charge in [0.15, 0.2) is 0 Å². The summed E-state index contributed by atoms with van der Waals surface area (Å²) in [6.45, 7) is 0.306. The molecule has 0 radical (unpaired) electrons. The lowest BCUT2D eigenvalue weighted by Gasteiger charge is -2.18. The number of carboxylic acid groups (broad SMARTS) is 1. The van der Waals surface area contributed by atoms with E-state index in [4.69, 9.17) is 5.11 Å². The highest BCUT2D eigenvalue weighted by Gasteiger charge is 2.24.